The summed E-state index contributed by atoms with van der Waals surface area (Å²) in [4.78, 5) is 4.24. The Morgan fingerprint density at radius 1 is 1.44 bits per heavy atom. The molecule has 2 N–H and O–H groups in total. The highest BCUT2D eigenvalue weighted by molar-refractivity contribution is 5.51. The molecule has 2 aromatic rings. The topological polar surface area (TPSA) is 49.6 Å². The fourth-order valence-electron chi connectivity index (χ4n) is 2.25. The molecule has 3 rings (SSSR count). The molecular formula is C12H15N3O. The van der Waals surface area contributed by atoms with Gasteiger partial charge in [-0.2, -0.15) is 0 Å². The van der Waals surface area contributed by atoms with Gasteiger partial charge in [0, 0.05) is 12.4 Å². The number of rotatable bonds is 3. The van der Waals surface area contributed by atoms with Gasteiger partial charge < -0.3 is 10.4 Å². The predicted octanol–water partition coefficient (Wildman–Crippen LogP) is 1.66. The van der Waals surface area contributed by atoms with Crippen LogP contribution in [0.25, 0.3) is 5.65 Å². The number of nitrogens with zero attached hydrogens (tertiary/aromatic N) is 2. The molecule has 0 spiro atoms. The van der Waals surface area contributed by atoms with Gasteiger partial charge in [0.2, 0.25) is 0 Å². The van der Waals surface area contributed by atoms with Gasteiger partial charge in [-0.1, -0.05) is 6.07 Å². The van der Waals surface area contributed by atoms with E-state index in [1.165, 1.54) is 6.42 Å². The zero-order valence-corrected chi connectivity index (χ0v) is 9.06. The summed E-state index contributed by atoms with van der Waals surface area (Å²) < 4.78 is 2.01. The van der Waals surface area contributed by atoms with Crippen LogP contribution >= 0.6 is 0 Å². The largest absolute Gasteiger partial charge is 0.394 e. The third-order valence-electron chi connectivity index (χ3n) is 3.43. The van der Waals surface area contributed by atoms with Crippen molar-refractivity contribution < 1.29 is 5.11 Å². The first-order valence-electron chi connectivity index (χ1n) is 5.64. The average molecular weight is 217 g/mol. The molecule has 16 heavy (non-hydrogen) atoms. The van der Waals surface area contributed by atoms with E-state index >= 15 is 0 Å². The van der Waals surface area contributed by atoms with Gasteiger partial charge in [0.1, 0.15) is 11.5 Å². The third kappa shape index (κ3) is 1.38. The Morgan fingerprint density at radius 2 is 2.31 bits per heavy atom. The highest BCUT2D eigenvalue weighted by atomic mass is 16.3. The van der Waals surface area contributed by atoms with Crippen molar-refractivity contribution in [1.82, 2.24) is 9.38 Å². The van der Waals surface area contributed by atoms with Crippen LogP contribution in [0.4, 0.5) is 5.82 Å². The van der Waals surface area contributed by atoms with Crippen molar-refractivity contribution >= 4 is 11.5 Å². The van der Waals surface area contributed by atoms with E-state index in [1.54, 1.807) is 6.20 Å². The van der Waals surface area contributed by atoms with E-state index in [2.05, 4.69) is 10.3 Å². The third-order valence-corrected chi connectivity index (χ3v) is 3.43. The first-order chi connectivity index (χ1) is 7.83. The molecule has 0 aromatic carbocycles. The lowest BCUT2D eigenvalue weighted by Gasteiger charge is -2.41. The molecule has 1 saturated carbocycles. The lowest BCUT2D eigenvalue weighted by Crippen LogP contribution is -2.48. The number of imidazole rings is 1. The summed E-state index contributed by atoms with van der Waals surface area (Å²) in [7, 11) is 0. The maximum Gasteiger partial charge on any atom is 0.138 e. The van der Waals surface area contributed by atoms with E-state index in [9.17, 15) is 5.11 Å². The Balaban J connectivity index is 1.96. The number of nitrogens with one attached hydrogen (secondary N) is 1. The molecule has 0 amide bonds. The minimum Gasteiger partial charge on any atom is -0.394 e. The molecule has 0 aliphatic heterocycles. The Hall–Kier alpha value is -1.55. The number of aromatic nitrogens is 2. The maximum atomic E-state index is 9.43. The number of fused-ring (bicyclic) bond motifs is 1. The molecule has 2 aromatic heterocycles. The van der Waals surface area contributed by atoms with E-state index in [4.69, 9.17) is 0 Å². The minimum atomic E-state index is -0.113. The van der Waals surface area contributed by atoms with Crippen LogP contribution in [-0.4, -0.2) is 26.6 Å². The molecule has 0 bridgehead atoms. The van der Waals surface area contributed by atoms with Crippen molar-refractivity contribution in [3.8, 4) is 0 Å². The summed E-state index contributed by atoms with van der Waals surface area (Å²) in [5.41, 5.74) is 0.816. The molecule has 84 valence electrons. The number of hydrogen-bond donors (Lipinski definition) is 2. The van der Waals surface area contributed by atoms with Crippen LogP contribution in [0.15, 0.2) is 30.6 Å². The van der Waals surface area contributed by atoms with E-state index < -0.39 is 0 Å². The molecule has 0 unspecified atom stereocenters. The van der Waals surface area contributed by atoms with Gasteiger partial charge in [0.25, 0.3) is 0 Å². The first-order valence-corrected chi connectivity index (χ1v) is 5.64. The molecule has 1 fully saturated rings. The van der Waals surface area contributed by atoms with Gasteiger partial charge in [-0.05, 0) is 31.4 Å². The van der Waals surface area contributed by atoms with Gasteiger partial charge in [-0.15, -0.1) is 0 Å². The lowest BCUT2D eigenvalue weighted by atomic mass is 9.77. The monoisotopic (exact) mass is 217 g/mol. The summed E-state index contributed by atoms with van der Waals surface area (Å²) in [6.45, 7) is 0.193. The molecule has 0 saturated heterocycles. The zero-order chi connectivity index (χ0) is 11.0. The van der Waals surface area contributed by atoms with Crippen molar-refractivity contribution in [2.75, 3.05) is 11.9 Å². The Kier molecular flexibility index (Phi) is 2.11. The molecule has 2 heterocycles. The van der Waals surface area contributed by atoms with E-state index in [1.807, 2.05) is 28.8 Å². The van der Waals surface area contributed by atoms with Gasteiger partial charge in [-0.25, -0.2) is 4.98 Å². The second kappa shape index (κ2) is 3.49. The van der Waals surface area contributed by atoms with Crippen LogP contribution in [0.1, 0.15) is 19.3 Å². The fourth-order valence-corrected chi connectivity index (χ4v) is 2.25. The molecule has 4 nitrogen and oxygen atoms in total. The van der Waals surface area contributed by atoms with Crippen molar-refractivity contribution in [1.29, 1.82) is 0 Å². The van der Waals surface area contributed by atoms with Gasteiger partial charge in [0.05, 0.1) is 12.1 Å². The van der Waals surface area contributed by atoms with Crippen LogP contribution < -0.4 is 5.32 Å². The number of aliphatic hydroxyl groups is 1. The van der Waals surface area contributed by atoms with Crippen molar-refractivity contribution in [3.05, 3.63) is 30.6 Å². The Bertz CT molecular complexity index is 496. The molecule has 1 aliphatic carbocycles. The zero-order valence-electron chi connectivity index (χ0n) is 9.06. The standard InChI is InChI=1S/C12H15N3O/c16-9-12(5-2-6-12)14-11-4-1-3-10-13-7-8-15(10)11/h1,3-4,7-8,14,16H,2,5-6,9H2. The quantitative estimate of drug-likeness (QED) is 0.822. The van der Waals surface area contributed by atoms with Crippen molar-refractivity contribution in [2.45, 2.75) is 24.8 Å². The van der Waals surface area contributed by atoms with Crippen LogP contribution in [0.2, 0.25) is 0 Å². The fraction of sp³-hybridized carbons (Fsp3) is 0.417. The first kappa shape index (κ1) is 9.66. The smallest absolute Gasteiger partial charge is 0.138 e. The number of hydrogen-bond acceptors (Lipinski definition) is 3. The van der Waals surface area contributed by atoms with E-state index in [0.29, 0.717) is 0 Å². The number of pyridine rings is 1. The maximum absolute atomic E-state index is 9.43. The predicted molar refractivity (Wildman–Crippen MR) is 62.5 cm³/mol. The Morgan fingerprint density at radius 3 is 3.00 bits per heavy atom. The summed E-state index contributed by atoms with van der Waals surface area (Å²) in [5.74, 6) is 1.00. The van der Waals surface area contributed by atoms with Gasteiger partial charge in [-0.3, -0.25) is 4.40 Å². The average Bonchev–Trinajstić information content (AvgIpc) is 2.72. The summed E-state index contributed by atoms with van der Waals surface area (Å²) >= 11 is 0. The highest BCUT2D eigenvalue weighted by Crippen LogP contribution is 2.34. The van der Waals surface area contributed by atoms with Gasteiger partial charge in [0.15, 0.2) is 0 Å². The SMILES string of the molecule is OCC1(Nc2cccc3nccn23)CCC1. The highest BCUT2D eigenvalue weighted by Gasteiger charge is 2.36. The second-order valence-corrected chi connectivity index (χ2v) is 4.48. The molecular weight excluding hydrogens is 202 g/mol. The summed E-state index contributed by atoms with van der Waals surface area (Å²) in [5, 5.41) is 12.9. The van der Waals surface area contributed by atoms with E-state index in [-0.39, 0.29) is 12.1 Å². The van der Waals surface area contributed by atoms with Crippen molar-refractivity contribution in [2.24, 2.45) is 0 Å². The molecule has 0 atom stereocenters. The summed E-state index contributed by atoms with van der Waals surface area (Å²) in [6, 6.07) is 5.97. The van der Waals surface area contributed by atoms with E-state index in [0.717, 1.165) is 24.3 Å². The van der Waals surface area contributed by atoms with Crippen LogP contribution in [0, 0.1) is 0 Å². The normalized spacial score (nSPS) is 18.3. The van der Waals surface area contributed by atoms with Gasteiger partial charge >= 0.3 is 0 Å². The number of anilines is 1. The lowest BCUT2D eigenvalue weighted by molar-refractivity contribution is 0.143. The molecule has 4 heteroatoms. The Labute approximate surface area is 93.9 Å². The second-order valence-electron chi connectivity index (χ2n) is 4.48. The molecule has 0 radical (unpaired) electrons. The van der Waals surface area contributed by atoms with Crippen LogP contribution in [0.5, 0.6) is 0 Å². The number of aliphatic hydroxyl groups excluding tert-OH is 1. The van der Waals surface area contributed by atoms with Crippen molar-refractivity contribution in [3.63, 3.8) is 0 Å². The van der Waals surface area contributed by atoms with Crippen LogP contribution in [-0.2, 0) is 0 Å². The summed E-state index contributed by atoms with van der Waals surface area (Å²) in [6.07, 6.45) is 6.98. The van der Waals surface area contributed by atoms with Crippen LogP contribution in [0.3, 0.4) is 0 Å². The molecule has 1 aliphatic rings. The minimum absolute atomic E-state index is 0.113.